The Balaban J connectivity index is 1.67. The summed E-state index contributed by atoms with van der Waals surface area (Å²) in [5.41, 5.74) is 3.72. The van der Waals surface area contributed by atoms with Crippen molar-refractivity contribution >= 4 is 11.7 Å². The van der Waals surface area contributed by atoms with Gasteiger partial charge in [-0.1, -0.05) is 31.2 Å². The number of nitrogens with zero attached hydrogens (tertiary/aromatic N) is 1. The lowest BCUT2D eigenvalue weighted by molar-refractivity contribution is -0.120. The highest BCUT2D eigenvalue weighted by molar-refractivity contribution is 5.92. The fourth-order valence-corrected chi connectivity index (χ4v) is 2.76. The molecule has 0 radical (unpaired) electrons. The molecule has 0 spiro atoms. The van der Waals surface area contributed by atoms with Crippen molar-refractivity contribution in [1.82, 2.24) is 10.2 Å². The number of amides is 1. The number of hydrogen-bond donors (Lipinski definition) is 2. The topological polar surface area (TPSA) is 57.8 Å². The first-order valence-electron chi connectivity index (χ1n) is 7.18. The minimum absolute atomic E-state index is 0.0478. The standard InChI is InChI=1S/C16H19N3O/c1-2-14-10-15(19-18-14)17-16(20)13-8-7-11-5-3-4-6-12(11)9-13/h3-6,10,13H,2,7-9H2,1H3,(H2,17,18,19,20). The van der Waals surface area contributed by atoms with Crippen LogP contribution in [-0.2, 0) is 24.1 Å². The normalized spacial score (nSPS) is 17.6. The van der Waals surface area contributed by atoms with Gasteiger partial charge in [0.15, 0.2) is 5.82 Å². The molecule has 20 heavy (non-hydrogen) atoms. The lowest BCUT2D eigenvalue weighted by atomic mass is 9.83. The van der Waals surface area contributed by atoms with Crippen LogP contribution in [0, 0.1) is 5.92 Å². The van der Waals surface area contributed by atoms with Crippen molar-refractivity contribution in [3.63, 3.8) is 0 Å². The van der Waals surface area contributed by atoms with Crippen LogP contribution in [0.5, 0.6) is 0 Å². The number of aryl methyl sites for hydroxylation is 2. The molecule has 1 aromatic heterocycles. The van der Waals surface area contributed by atoms with Crippen LogP contribution in [0.15, 0.2) is 30.3 Å². The van der Waals surface area contributed by atoms with Crippen LogP contribution in [0.1, 0.15) is 30.2 Å². The van der Waals surface area contributed by atoms with Crippen LogP contribution in [0.25, 0.3) is 0 Å². The van der Waals surface area contributed by atoms with E-state index in [-0.39, 0.29) is 11.8 Å². The van der Waals surface area contributed by atoms with Crippen molar-refractivity contribution < 1.29 is 4.79 Å². The van der Waals surface area contributed by atoms with Gasteiger partial charge in [0.25, 0.3) is 0 Å². The molecule has 0 saturated carbocycles. The van der Waals surface area contributed by atoms with Crippen LogP contribution >= 0.6 is 0 Å². The van der Waals surface area contributed by atoms with E-state index in [1.54, 1.807) is 0 Å². The molecule has 0 saturated heterocycles. The van der Waals surface area contributed by atoms with E-state index in [0.717, 1.165) is 31.4 Å². The zero-order valence-electron chi connectivity index (χ0n) is 11.6. The number of aromatic nitrogens is 2. The van der Waals surface area contributed by atoms with Crippen LogP contribution in [0.4, 0.5) is 5.82 Å². The number of anilines is 1. The quantitative estimate of drug-likeness (QED) is 0.900. The van der Waals surface area contributed by atoms with Crippen LogP contribution in [-0.4, -0.2) is 16.1 Å². The smallest absolute Gasteiger partial charge is 0.229 e. The predicted octanol–water partition coefficient (Wildman–Crippen LogP) is 2.72. The van der Waals surface area contributed by atoms with E-state index < -0.39 is 0 Å². The average molecular weight is 269 g/mol. The lowest BCUT2D eigenvalue weighted by Crippen LogP contribution is -2.28. The Morgan fingerprint density at radius 1 is 1.40 bits per heavy atom. The minimum Gasteiger partial charge on any atom is -0.309 e. The fraction of sp³-hybridized carbons (Fsp3) is 0.375. The molecule has 2 N–H and O–H groups in total. The molecular weight excluding hydrogens is 250 g/mol. The Kier molecular flexibility index (Phi) is 3.54. The van der Waals surface area contributed by atoms with Gasteiger partial charge >= 0.3 is 0 Å². The number of carbonyl (C=O) groups excluding carboxylic acids is 1. The van der Waals surface area contributed by atoms with Crippen molar-refractivity contribution in [3.8, 4) is 0 Å². The third-order valence-electron chi connectivity index (χ3n) is 3.98. The summed E-state index contributed by atoms with van der Waals surface area (Å²) in [6, 6.07) is 10.3. The monoisotopic (exact) mass is 269 g/mol. The molecule has 0 bridgehead atoms. The Morgan fingerprint density at radius 2 is 2.20 bits per heavy atom. The van der Waals surface area contributed by atoms with Gasteiger partial charge in [0, 0.05) is 17.7 Å². The van der Waals surface area contributed by atoms with Crippen molar-refractivity contribution in [2.45, 2.75) is 32.6 Å². The van der Waals surface area contributed by atoms with E-state index in [0.29, 0.717) is 5.82 Å². The van der Waals surface area contributed by atoms with Crippen LogP contribution in [0.2, 0.25) is 0 Å². The van der Waals surface area contributed by atoms with Gasteiger partial charge in [-0.25, -0.2) is 0 Å². The highest BCUT2D eigenvalue weighted by Crippen LogP contribution is 2.26. The third-order valence-corrected chi connectivity index (χ3v) is 3.98. The average Bonchev–Trinajstić information content (AvgIpc) is 2.94. The summed E-state index contributed by atoms with van der Waals surface area (Å²) in [6.45, 7) is 2.05. The van der Waals surface area contributed by atoms with Crippen molar-refractivity contribution in [3.05, 3.63) is 47.2 Å². The fourth-order valence-electron chi connectivity index (χ4n) is 2.76. The van der Waals surface area contributed by atoms with Gasteiger partial charge in [-0.3, -0.25) is 9.89 Å². The van der Waals surface area contributed by atoms with Gasteiger partial charge in [-0.2, -0.15) is 5.10 Å². The first-order valence-corrected chi connectivity index (χ1v) is 7.18. The summed E-state index contributed by atoms with van der Waals surface area (Å²) < 4.78 is 0. The van der Waals surface area contributed by atoms with Gasteiger partial charge in [0.1, 0.15) is 0 Å². The van der Waals surface area contributed by atoms with E-state index >= 15 is 0 Å². The van der Waals surface area contributed by atoms with Crippen LogP contribution in [0.3, 0.4) is 0 Å². The van der Waals surface area contributed by atoms with E-state index in [1.165, 1.54) is 11.1 Å². The number of nitrogens with one attached hydrogen (secondary N) is 2. The molecule has 3 rings (SSSR count). The molecule has 1 amide bonds. The summed E-state index contributed by atoms with van der Waals surface area (Å²) in [6.07, 6.45) is 3.61. The van der Waals surface area contributed by atoms with Gasteiger partial charge in [0.2, 0.25) is 5.91 Å². The summed E-state index contributed by atoms with van der Waals surface area (Å²) in [7, 11) is 0. The first-order chi connectivity index (χ1) is 9.76. The van der Waals surface area contributed by atoms with Crippen LogP contribution < -0.4 is 5.32 Å². The zero-order chi connectivity index (χ0) is 13.9. The number of aromatic amines is 1. The highest BCUT2D eigenvalue weighted by atomic mass is 16.1. The Hall–Kier alpha value is -2.10. The Morgan fingerprint density at radius 3 is 2.95 bits per heavy atom. The number of fused-ring (bicyclic) bond motifs is 1. The van der Waals surface area contributed by atoms with Gasteiger partial charge in [-0.15, -0.1) is 0 Å². The molecule has 1 aromatic carbocycles. The van der Waals surface area contributed by atoms with Crippen molar-refractivity contribution in [1.29, 1.82) is 0 Å². The Bertz CT molecular complexity index is 618. The maximum absolute atomic E-state index is 12.3. The second-order valence-corrected chi connectivity index (χ2v) is 5.33. The predicted molar refractivity (Wildman–Crippen MR) is 78.6 cm³/mol. The summed E-state index contributed by atoms with van der Waals surface area (Å²) >= 11 is 0. The van der Waals surface area contributed by atoms with E-state index in [4.69, 9.17) is 0 Å². The summed E-state index contributed by atoms with van der Waals surface area (Å²) in [5, 5.41) is 9.94. The number of carbonyl (C=O) groups is 1. The first kappa shape index (κ1) is 12.9. The number of benzene rings is 1. The molecule has 4 heteroatoms. The third kappa shape index (κ3) is 2.59. The number of H-pyrrole nitrogens is 1. The second-order valence-electron chi connectivity index (χ2n) is 5.33. The molecule has 0 fully saturated rings. The number of rotatable bonds is 3. The van der Waals surface area contributed by atoms with E-state index in [9.17, 15) is 4.79 Å². The van der Waals surface area contributed by atoms with E-state index in [1.807, 2.05) is 12.1 Å². The molecule has 104 valence electrons. The molecule has 1 heterocycles. The summed E-state index contributed by atoms with van der Waals surface area (Å²) in [4.78, 5) is 12.3. The largest absolute Gasteiger partial charge is 0.309 e. The molecular formula is C16H19N3O. The second kappa shape index (κ2) is 5.49. The maximum Gasteiger partial charge on any atom is 0.229 e. The van der Waals surface area contributed by atoms with Gasteiger partial charge in [0.05, 0.1) is 0 Å². The molecule has 1 unspecified atom stereocenters. The minimum atomic E-state index is 0.0478. The molecule has 1 aliphatic carbocycles. The molecule has 0 aliphatic heterocycles. The molecule has 2 aromatic rings. The lowest BCUT2D eigenvalue weighted by Gasteiger charge is -2.23. The van der Waals surface area contributed by atoms with Gasteiger partial charge < -0.3 is 5.32 Å². The Labute approximate surface area is 118 Å². The maximum atomic E-state index is 12.3. The molecule has 1 atom stereocenters. The number of hydrogen-bond acceptors (Lipinski definition) is 2. The van der Waals surface area contributed by atoms with Crippen molar-refractivity contribution in [2.24, 2.45) is 5.92 Å². The molecule has 1 aliphatic rings. The van der Waals surface area contributed by atoms with Crippen molar-refractivity contribution in [2.75, 3.05) is 5.32 Å². The van der Waals surface area contributed by atoms with Gasteiger partial charge in [-0.05, 0) is 36.8 Å². The zero-order valence-corrected chi connectivity index (χ0v) is 11.6. The van der Waals surface area contributed by atoms with E-state index in [2.05, 4.69) is 40.6 Å². The SMILES string of the molecule is CCc1cc(NC(=O)C2CCc3ccccc3C2)n[nH]1. The summed E-state index contributed by atoms with van der Waals surface area (Å²) in [5.74, 6) is 0.756. The molecule has 4 nitrogen and oxygen atoms in total. The highest BCUT2D eigenvalue weighted by Gasteiger charge is 2.24.